The molecule has 1 aromatic rings. The predicted octanol–water partition coefficient (Wildman–Crippen LogP) is 3.31. The standard InChI is InChI=1S/C20H31NO4.C2H6O2S/c1-5-7-14(8-6-2)18-11-16-15(19(25-18)12-21-13-22)9-10-17(23-3)20(16)24-4;1-5(2,3)4/h9-10,13-14,18-19H,5-8,11-12H2,1-4H3,(H,21,22);1-2H3. The van der Waals surface area contributed by atoms with E-state index >= 15 is 0 Å². The van der Waals surface area contributed by atoms with Gasteiger partial charge in [0.2, 0.25) is 6.41 Å². The molecule has 0 saturated heterocycles. The van der Waals surface area contributed by atoms with Crippen molar-refractivity contribution in [2.45, 2.75) is 58.2 Å². The van der Waals surface area contributed by atoms with Crippen LogP contribution >= 0.6 is 0 Å². The summed E-state index contributed by atoms with van der Waals surface area (Å²) in [4.78, 5) is 10.8. The van der Waals surface area contributed by atoms with Crippen molar-refractivity contribution in [2.24, 2.45) is 5.92 Å². The van der Waals surface area contributed by atoms with E-state index in [1.165, 1.54) is 0 Å². The van der Waals surface area contributed by atoms with Gasteiger partial charge in [-0.1, -0.05) is 32.8 Å². The molecule has 172 valence electrons. The van der Waals surface area contributed by atoms with Gasteiger partial charge in [0.15, 0.2) is 11.5 Å². The Hall–Kier alpha value is -1.80. The van der Waals surface area contributed by atoms with Gasteiger partial charge < -0.3 is 19.5 Å². The summed E-state index contributed by atoms with van der Waals surface area (Å²) in [5, 5.41) is 2.77. The molecule has 0 radical (unpaired) electrons. The van der Waals surface area contributed by atoms with Crippen LogP contribution in [0.4, 0.5) is 0 Å². The highest BCUT2D eigenvalue weighted by molar-refractivity contribution is 7.89. The molecule has 1 aliphatic heterocycles. The Morgan fingerprint density at radius 2 is 1.77 bits per heavy atom. The van der Waals surface area contributed by atoms with Crippen molar-refractivity contribution >= 4 is 16.2 Å². The number of amides is 1. The monoisotopic (exact) mass is 443 g/mol. The van der Waals surface area contributed by atoms with Gasteiger partial charge in [0.05, 0.1) is 20.3 Å². The zero-order chi connectivity index (χ0) is 22.7. The number of rotatable bonds is 10. The summed E-state index contributed by atoms with van der Waals surface area (Å²) >= 11 is 0. The lowest BCUT2D eigenvalue weighted by atomic mass is 9.84. The number of hydrogen-bond acceptors (Lipinski definition) is 6. The second kappa shape index (κ2) is 12.8. The van der Waals surface area contributed by atoms with Crippen molar-refractivity contribution in [3.63, 3.8) is 0 Å². The van der Waals surface area contributed by atoms with Gasteiger partial charge in [-0.2, -0.15) is 0 Å². The lowest BCUT2D eigenvalue weighted by molar-refractivity contribution is -0.111. The van der Waals surface area contributed by atoms with Gasteiger partial charge in [0, 0.05) is 31.0 Å². The summed E-state index contributed by atoms with van der Waals surface area (Å²) in [6.45, 7) is 4.90. The third-order valence-electron chi connectivity index (χ3n) is 5.01. The normalized spacial score (nSPS) is 18.1. The number of nitrogens with one attached hydrogen (secondary N) is 1. The minimum Gasteiger partial charge on any atom is -0.493 e. The second-order valence-electron chi connectivity index (χ2n) is 7.74. The van der Waals surface area contributed by atoms with E-state index in [0.29, 0.717) is 12.5 Å². The average molecular weight is 444 g/mol. The number of ether oxygens (including phenoxy) is 3. The fourth-order valence-corrected chi connectivity index (χ4v) is 3.90. The highest BCUT2D eigenvalue weighted by Crippen LogP contribution is 2.43. The van der Waals surface area contributed by atoms with Crippen LogP contribution in [0.25, 0.3) is 0 Å². The fraction of sp³-hybridized carbons (Fsp3) is 0.682. The fourth-order valence-electron chi connectivity index (χ4n) is 3.90. The quantitative estimate of drug-likeness (QED) is 0.558. The van der Waals surface area contributed by atoms with E-state index < -0.39 is 9.84 Å². The van der Waals surface area contributed by atoms with E-state index in [2.05, 4.69) is 19.2 Å². The summed E-state index contributed by atoms with van der Waals surface area (Å²) in [5.41, 5.74) is 2.23. The lowest BCUT2D eigenvalue weighted by Crippen LogP contribution is -2.36. The van der Waals surface area contributed by atoms with Gasteiger partial charge in [-0.05, 0) is 30.4 Å². The number of carbonyl (C=O) groups excluding carboxylic acids is 1. The number of benzene rings is 1. The lowest BCUT2D eigenvalue weighted by Gasteiger charge is -2.37. The number of hydrogen-bond donors (Lipinski definition) is 1. The Morgan fingerprint density at radius 3 is 2.23 bits per heavy atom. The summed E-state index contributed by atoms with van der Waals surface area (Å²) in [6.07, 6.45) is 8.41. The van der Waals surface area contributed by atoms with Crippen LogP contribution < -0.4 is 14.8 Å². The minimum absolute atomic E-state index is 0.131. The first-order valence-corrected chi connectivity index (χ1v) is 12.7. The van der Waals surface area contributed by atoms with E-state index in [4.69, 9.17) is 14.2 Å². The molecular formula is C22H37NO6S. The van der Waals surface area contributed by atoms with Crippen LogP contribution in [0.3, 0.4) is 0 Å². The molecule has 1 amide bonds. The van der Waals surface area contributed by atoms with Crippen molar-refractivity contribution in [3.05, 3.63) is 23.3 Å². The zero-order valence-corrected chi connectivity index (χ0v) is 19.9. The van der Waals surface area contributed by atoms with Crippen LogP contribution in [0.5, 0.6) is 11.5 Å². The maximum atomic E-state index is 10.8. The van der Waals surface area contributed by atoms with Crippen LogP contribution in [0.2, 0.25) is 0 Å². The number of fused-ring (bicyclic) bond motifs is 1. The van der Waals surface area contributed by atoms with E-state index in [1.807, 2.05) is 12.1 Å². The molecule has 0 saturated carbocycles. The highest BCUT2D eigenvalue weighted by atomic mass is 32.2. The van der Waals surface area contributed by atoms with E-state index in [-0.39, 0.29) is 12.2 Å². The molecule has 8 heteroatoms. The van der Waals surface area contributed by atoms with E-state index in [0.717, 1.165) is 73.7 Å². The molecule has 2 rings (SSSR count). The van der Waals surface area contributed by atoms with Crippen molar-refractivity contribution in [1.82, 2.24) is 5.32 Å². The molecule has 1 N–H and O–H groups in total. The first kappa shape index (κ1) is 26.2. The maximum Gasteiger partial charge on any atom is 0.207 e. The van der Waals surface area contributed by atoms with Crippen LogP contribution in [0.1, 0.15) is 56.8 Å². The van der Waals surface area contributed by atoms with E-state index in [1.54, 1.807) is 14.2 Å². The molecule has 7 nitrogen and oxygen atoms in total. The Labute approximate surface area is 181 Å². The number of methoxy groups -OCH3 is 2. The van der Waals surface area contributed by atoms with Crippen molar-refractivity contribution < 1.29 is 27.4 Å². The Morgan fingerprint density at radius 1 is 1.17 bits per heavy atom. The molecule has 0 spiro atoms. The van der Waals surface area contributed by atoms with E-state index in [9.17, 15) is 13.2 Å². The molecule has 0 fully saturated rings. The molecule has 30 heavy (non-hydrogen) atoms. The molecule has 0 aromatic heterocycles. The predicted molar refractivity (Wildman–Crippen MR) is 119 cm³/mol. The summed E-state index contributed by atoms with van der Waals surface area (Å²) in [7, 11) is 0.667. The topological polar surface area (TPSA) is 90.9 Å². The summed E-state index contributed by atoms with van der Waals surface area (Å²) < 4.78 is 36.8. The van der Waals surface area contributed by atoms with Crippen molar-refractivity contribution in [2.75, 3.05) is 33.3 Å². The highest BCUT2D eigenvalue weighted by Gasteiger charge is 2.34. The summed E-state index contributed by atoms with van der Waals surface area (Å²) in [6, 6.07) is 3.93. The molecule has 2 atom stereocenters. The number of sulfone groups is 1. The zero-order valence-electron chi connectivity index (χ0n) is 19.1. The van der Waals surface area contributed by atoms with Gasteiger partial charge in [-0.25, -0.2) is 8.42 Å². The van der Waals surface area contributed by atoms with Crippen LogP contribution in [-0.2, 0) is 25.8 Å². The van der Waals surface area contributed by atoms with Crippen molar-refractivity contribution in [3.8, 4) is 11.5 Å². The first-order chi connectivity index (χ1) is 14.2. The van der Waals surface area contributed by atoms with Crippen LogP contribution in [0.15, 0.2) is 12.1 Å². The molecule has 1 aliphatic rings. The Kier molecular flexibility index (Phi) is 11.2. The van der Waals surface area contributed by atoms with Crippen molar-refractivity contribution in [1.29, 1.82) is 0 Å². The Bertz CT molecular complexity index is 751. The van der Waals surface area contributed by atoms with Gasteiger partial charge in [0.25, 0.3) is 0 Å². The molecule has 0 bridgehead atoms. The molecule has 1 heterocycles. The second-order valence-corrected chi connectivity index (χ2v) is 10.0. The molecule has 2 unspecified atom stereocenters. The van der Waals surface area contributed by atoms with Gasteiger partial charge in [-0.3, -0.25) is 4.79 Å². The van der Waals surface area contributed by atoms with Gasteiger partial charge >= 0.3 is 0 Å². The van der Waals surface area contributed by atoms with Gasteiger partial charge in [0.1, 0.15) is 15.9 Å². The maximum absolute atomic E-state index is 10.8. The smallest absolute Gasteiger partial charge is 0.207 e. The SMILES string of the molecule is CCCC(CCC)C1Cc2c(ccc(OC)c2OC)C(CNC=O)O1.CS(C)(=O)=O. The minimum atomic E-state index is -2.67. The molecule has 1 aromatic carbocycles. The third-order valence-corrected chi connectivity index (χ3v) is 5.01. The van der Waals surface area contributed by atoms with Crippen LogP contribution in [-0.4, -0.2) is 54.2 Å². The van der Waals surface area contributed by atoms with Gasteiger partial charge in [-0.15, -0.1) is 0 Å². The number of carbonyl (C=O) groups is 1. The summed E-state index contributed by atoms with van der Waals surface area (Å²) in [5.74, 6) is 2.04. The van der Waals surface area contributed by atoms with Crippen LogP contribution in [0, 0.1) is 5.92 Å². The first-order valence-electron chi connectivity index (χ1n) is 10.4. The molecular weight excluding hydrogens is 406 g/mol. The molecule has 0 aliphatic carbocycles. The third kappa shape index (κ3) is 8.14. The Balaban J connectivity index is 0.000000804. The largest absolute Gasteiger partial charge is 0.493 e. The average Bonchev–Trinajstić information content (AvgIpc) is 2.69.